The Morgan fingerprint density at radius 3 is 2.67 bits per heavy atom. The van der Waals surface area contributed by atoms with Gasteiger partial charge in [0.25, 0.3) is 0 Å². The lowest BCUT2D eigenvalue weighted by Crippen LogP contribution is -1.89. The first-order valence-electron chi connectivity index (χ1n) is 5.28. The van der Waals surface area contributed by atoms with Crippen molar-refractivity contribution in [1.29, 1.82) is 0 Å². The molecule has 18 heavy (non-hydrogen) atoms. The molecule has 0 saturated heterocycles. The highest BCUT2D eigenvalue weighted by atomic mass is 35.5. The number of para-hydroxylation sites is 1. The Hall–Kier alpha value is -1.71. The second-order valence-corrected chi connectivity index (χ2v) is 4.53. The maximum atomic E-state index is 6.02. The fraction of sp³-hybridized carbons (Fsp3) is 0. The van der Waals surface area contributed by atoms with Crippen molar-refractivity contribution < 1.29 is 0 Å². The van der Waals surface area contributed by atoms with Crippen LogP contribution in [0.5, 0.6) is 0 Å². The summed E-state index contributed by atoms with van der Waals surface area (Å²) in [6.07, 6.45) is 1.75. The number of halogens is 2. The fourth-order valence-electron chi connectivity index (χ4n) is 1.77. The second-order valence-electron chi connectivity index (χ2n) is 3.79. The lowest BCUT2D eigenvalue weighted by Gasteiger charge is -2.04. The summed E-state index contributed by atoms with van der Waals surface area (Å²) in [6, 6.07) is 11.6. The molecular formula is C13H7Cl2N3. The van der Waals surface area contributed by atoms with Crippen LogP contribution in [0.3, 0.4) is 0 Å². The standard InChI is InChI=1S/C13H7Cl2N3/c14-12-6-10(13(15)18-17-12)9-5-8-3-1-2-4-11(8)16-7-9/h1-7H. The van der Waals surface area contributed by atoms with Crippen LogP contribution in [0.4, 0.5) is 0 Å². The molecule has 5 heteroatoms. The summed E-state index contributed by atoms with van der Waals surface area (Å²) >= 11 is 11.9. The third-order valence-electron chi connectivity index (χ3n) is 2.62. The van der Waals surface area contributed by atoms with Crippen LogP contribution in [0.15, 0.2) is 42.6 Å². The van der Waals surface area contributed by atoms with Gasteiger partial charge in [-0.3, -0.25) is 4.98 Å². The van der Waals surface area contributed by atoms with Crippen molar-refractivity contribution >= 4 is 34.1 Å². The number of aromatic nitrogens is 3. The average Bonchev–Trinajstić information content (AvgIpc) is 2.41. The van der Waals surface area contributed by atoms with E-state index in [0.717, 1.165) is 22.0 Å². The molecule has 0 unspecified atom stereocenters. The second kappa shape index (κ2) is 4.52. The zero-order valence-electron chi connectivity index (χ0n) is 9.14. The smallest absolute Gasteiger partial charge is 0.159 e. The SMILES string of the molecule is Clc1cc(-c2cnc3ccccc3c2)c(Cl)nn1. The van der Waals surface area contributed by atoms with E-state index < -0.39 is 0 Å². The molecule has 88 valence electrons. The van der Waals surface area contributed by atoms with E-state index in [1.807, 2.05) is 30.3 Å². The van der Waals surface area contributed by atoms with Crippen molar-refractivity contribution in [2.45, 2.75) is 0 Å². The zero-order valence-corrected chi connectivity index (χ0v) is 10.7. The molecular weight excluding hydrogens is 269 g/mol. The highest BCUT2D eigenvalue weighted by molar-refractivity contribution is 6.33. The van der Waals surface area contributed by atoms with Crippen LogP contribution in [-0.2, 0) is 0 Å². The molecule has 1 aromatic carbocycles. The quantitative estimate of drug-likeness (QED) is 0.674. The predicted octanol–water partition coefficient (Wildman–Crippen LogP) is 4.00. The van der Waals surface area contributed by atoms with Crippen LogP contribution in [0.2, 0.25) is 10.3 Å². The topological polar surface area (TPSA) is 38.7 Å². The lowest BCUT2D eigenvalue weighted by atomic mass is 10.1. The zero-order chi connectivity index (χ0) is 12.5. The van der Waals surface area contributed by atoms with Gasteiger partial charge in [-0.05, 0) is 18.2 Å². The van der Waals surface area contributed by atoms with E-state index in [-0.39, 0.29) is 0 Å². The van der Waals surface area contributed by atoms with E-state index in [9.17, 15) is 0 Å². The highest BCUT2D eigenvalue weighted by Gasteiger charge is 2.08. The molecule has 0 radical (unpaired) electrons. The van der Waals surface area contributed by atoms with E-state index in [1.165, 1.54) is 0 Å². The van der Waals surface area contributed by atoms with Gasteiger partial charge in [0.15, 0.2) is 10.3 Å². The number of benzene rings is 1. The first kappa shape index (κ1) is 11.4. The van der Waals surface area contributed by atoms with Gasteiger partial charge in [-0.25, -0.2) is 0 Å². The Labute approximate surface area is 113 Å². The van der Waals surface area contributed by atoms with Gasteiger partial charge in [-0.15, -0.1) is 10.2 Å². The summed E-state index contributed by atoms with van der Waals surface area (Å²) in [7, 11) is 0. The first-order valence-corrected chi connectivity index (χ1v) is 6.03. The first-order chi connectivity index (χ1) is 8.74. The highest BCUT2D eigenvalue weighted by Crippen LogP contribution is 2.28. The number of rotatable bonds is 1. The Balaban J connectivity index is 2.22. The molecule has 2 heterocycles. The molecule has 0 spiro atoms. The van der Waals surface area contributed by atoms with E-state index >= 15 is 0 Å². The Bertz CT molecular complexity index is 728. The van der Waals surface area contributed by atoms with Gasteiger partial charge >= 0.3 is 0 Å². The molecule has 2 aromatic heterocycles. The number of hydrogen-bond donors (Lipinski definition) is 0. The third kappa shape index (κ3) is 2.03. The Morgan fingerprint density at radius 1 is 0.944 bits per heavy atom. The van der Waals surface area contributed by atoms with Gasteiger partial charge in [0.1, 0.15) is 0 Å². The molecule has 3 aromatic rings. The number of nitrogens with zero attached hydrogens (tertiary/aromatic N) is 3. The van der Waals surface area contributed by atoms with E-state index in [0.29, 0.717) is 10.3 Å². The van der Waals surface area contributed by atoms with Crippen LogP contribution in [-0.4, -0.2) is 15.2 Å². The molecule has 0 bridgehead atoms. The normalized spacial score (nSPS) is 10.8. The molecule has 0 N–H and O–H groups in total. The minimum Gasteiger partial charge on any atom is -0.256 e. The minimum absolute atomic E-state index is 0.308. The molecule has 0 atom stereocenters. The largest absolute Gasteiger partial charge is 0.256 e. The molecule has 3 rings (SSSR count). The van der Waals surface area contributed by atoms with Gasteiger partial charge in [-0.1, -0.05) is 41.4 Å². The summed E-state index contributed by atoms with van der Waals surface area (Å²) in [5.74, 6) is 0. The van der Waals surface area contributed by atoms with Gasteiger partial charge in [-0.2, -0.15) is 0 Å². The van der Waals surface area contributed by atoms with Crippen LogP contribution in [0.1, 0.15) is 0 Å². The van der Waals surface area contributed by atoms with Crippen LogP contribution < -0.4 is 0 Å². The van der Waals surface area contributed by atoms with Gasteiger partial charge < -0.3 is 0 Å². The maximum absolute atomic E-state index is 6.02. The molecule has 3 nitrogen and oxygen atoms in total. The number of hydrogen-bond acceptors (Lipinski definition) is 3. The van der Waals surface area contributed by atoms with Crippen molar-refractivity contribution in [2.24, 2.45) is 0 Å². The van der Waals surface area contributed by atoms with Crippen LogP contribution in [0.25, 0.3) is 22.0 Å². The summed E-state index contributed by atoms with van der Waals surface area (Å²) in [6.45, 7) is 0. The van der Waals surface area contributed by atoms with Crippen molar-refractivity contribution in [2.75, 3.05) is 0 Å². The van der Waals surface area contributed by atoms with E-state index in [4.69, 9.17) is 23.2 Å². The van der Waals surface area contributed by atoms with Crippen molar-refractivity contribution in [3.8, 4) is 11.1 Å². The fourth-order valence-corrected chi connectivity index (χ4v) is 2.12. The molecule has 0 saturated carbocycles. The molecule has 0 amide bonds. The van der Waals surface area contributed by atoms with Crippen molar-refractivity contribution in [1.82, 2.24) is 15.2 Å². The number of pyridine rings is 1. The summed E-state index contributed by atoms with van der Waals surface area (Å²) in [5, 5.41) is 9.15. The molecule has 0 aliphatic carbocycles. The summed E-state index contributed by atoms with van der Waals surface area (Å²) < 4.78 is 0. The monoisotopic (exact) mass is 275 g/mol. The molecule has 0 fully saturated rings. The van der Waals surface area contributed by atoms with Crippen molar-refractivity contribution in [3.63, 3.8) is 0 Å². The molecule has 0 aliphatic heterocycles. The lowest BCUT2D eigenvalue weighted by molar-refractivity contribution is 1.03. The van der Waals surface area contributed by atoms with Crippen LogP contribution >= 0.6 is 23.2 Å². The minimum atomic E-state index is 0.308. The average molecular weight is 276 g/mol. The molecule has 0 aliphatic rings. The van der Waals surface area contributed by atoms with Gasteiger partial charge in [0.2, 0.25) is 0 Å². The van der Waals surface area contributed by atoms with E-state index in [2.05, 4.69) is 15.2 Å². The Morgan fingerprint density at radius 2 is 1.78 bits per heavy atom. The van der Waals surface area contributed by atoms with Gasteiger partial charge in [0.05, 0.1) is 5.52 Å². The summed E-state index contributed by atoms with van der Waals surface area (Å²) in [4.78, 5) is 4.38. The van der Waals surface area contributed by atoms with Crippen molar-refractivity contribution in [3.05, 3.63) is 52.9 Å². The van der Waals surface area contributed by atoms with Crippen LogP contribution in [0, 0.1) is 0 Å². The predicted molar refractivity (Wildman–Crippen MR) is 72.8 cm³/mol. The Kier molecular flexibility index (Phi) is 2.86. The third-order valence-corrected chi connectivity index (χ3v) is 3.08. The maximum Gasteiger partial charge on any atom is 0.159 e. The number of fused-ring (bicyclic) bond motifs is 1. The van der Waals surface area contributed by atoms with E-state index in [1.54, 1.807) is 12.3 Å². The van der Waals surface area contributed by atoms with Gasteiger partial charge in [0, 0.05) is 22.7 Å². The summed E-state index contributed by atoms with van der Waals surface area (Å²) in [5.41, 5.74) is 2.54.